The van der Waals surface area contributed by atoms with Crippen LogP contribution in [0.4, 0.5) is 16.2 Å². The Morgan fingerprint density at radius 1 is 1.38 bits per heavy atom. The number of carbonyl (C=O) groups excluding carboxylic acids is 1. The minimum atomic E-state index is -0.489. The number of rotatable bonds is 2. The molecule has 1 saturated heterocycles. The summed E-state index contributed by atoms with van der Waals surface area (Å²) in [6, 6.07) is 3.89. The molecule has 1 aromatic carbocycles. The predicted octanol–water partition coefficient (Wildman–Crippen LogP) is 4.43. The van der Waals surface area contributed by atoms with Gasteiger partial charge in [0.25, 0.3) is 0 Å². The van der Waals surface area contributed by atoms with Gasteiger partial charge < -0.3 is 20.7 Å². The number of aryl methyl sites for hydroxylation is 1. The van der Waals surface area contributed by atoms with Crippen molar-refractivity contribution in [1.82, 2.24) is 4.90 Å². The van der Waals surface area contributed by atoms with Crippen LogP contribution in [0.15, 0.2) is 12.1 Å². The Kier molecular flexibility index (Phi) is 5.86. The number of carbonyl (C=O) groups is 1. The highest BCUT2D eigenvalue weighted by Crippen LogP contribution is 2.31. The smallest absolute Gasteiger partial charge is 0.410 e. The monoisotopic (exact) mass is 353 g/mol. The van der Waals surface area contributed by atoms with Gasteiger partial charge in [-0.2, -0.15) is 0 Å². The van der Waals surface area contributed by atoms with Crippen LogP contribution in [0.25, 0.3) is 0 Å². The number of benzene rings is 1. The zero-order valence-corrected chi connectivity index (χ0v) is 15.7. The summed E-state index contributed by atoms with van der Waals surface area (Å²) in [6.07, 6.45) is 2.71. The second-order valence-electron chi connectivity index (χ2n) is 7.47. The molecule has 3 N–H and O–H groups in total. The van der Waals surface area contributed by atoms with Gasteiger partial charge in [-0.3, -0.25) is 0 Å². The van der Waals surface area contributed by atoms with Crippen molar-refractivity contribution in [3.05, 3.63) is 22.7 Å². The first-order chi connectivity index (χ1) is 11.2. The molecule has 1 aromatic rings. The molecule has 1 heterocycles. The van der Waals surface area contributed by atoms with Gasteiger partial charge in [-0.1, -0.05) is 11.6 Å². The molecule has 1 fully saturated rings. The van der Waals surface area contributed by atoms with Gasteiger partial charge in [0.2, 0.25) is 0 Å². The second-order valence-corrected chi connectivity index (χ2v) is 7.88. The Morgan fingerprint density at radius 3 is 2.71 bits per heavy atom. The zero-order valence-electron chi connectivity index (χ0n) is 15.0. The van der Waals surface area contributed by atoms with E-state index in [9.17, 15) is 4.79 Å². The predicted molar refractivity (Wildman–Crippen MR) is 99.7 cm³/mol. The lowest BCUT2D eigenvalue weighted by Gasteiger charge is -2.29. The SMILES string of the molecule is Cc1cc(N)c(N[C@@H]2CCCCN(C(=O)OC(C)(C)C)C2)c(Cl)c1. The summed E-state index contributed by atoms with van der Waals surface area (Å²) >= 11 is 6.33. The fourth-order valence-corrected chi connectivity index (χ4v) is 3.21. The van der Waals surface area contributed by atoms with E-state index in [-0.39, 0.29) is 12.1 Å². The van der Waals surface area contributed by atoms with Crippen LogP contribution >= 0.6 is 11.6 Å². The number of hydrogen-bond acceptors (Lipinski definition) is 4. The highest BCUT2D eigenvalue weighted by Gasteiger charge is 2.27. The van der Waals surface area contributed by atoms with Crippen LogP contribution in [0, 0.1) is 6.92 Å². The van der Waals surface area contributed by atoms with Crippen LogP contribution in [0.3, 0.4) is 0 Å². The molecule has 0 aromatic heterocycles. The Balaban J connectivity index is 2.09. The van der Waals surface area contributed by atoms with Gasteiger partial charge in [0.05, 0.1) is 16.4 Å². The number of halogens is 1. The molecule has 5 nitrogen and oxygen atoms in total. The number of nitrogens with zero attached hydrogens (tertiary/aromatic N) is 1. The molecule has 1 aliphatic heterocycles. The number of nitrogen functional groups attached to an aromatic ring is 1. The summed E-state index contributed by atoms with van der Waals surface area (Å²) in [5, 5.41) is 4.04. The molecule has 0 radical (unpaired) electrons. The van der Waals surface area contributed by atoms with Crippen LogP contribution in [-0.2, 0) is 4.74 Å². The summed E-state index contributed by atoms with van der Waals surface area (Å²) in [4.78, 5) is 14.1. The van der Waals surface area contributed by atoms with Crippen LogP contribution in [-0.4, -0.2) is 35.7 Å². The lowest BCUT2D eigenvalue weighted by atomic mass is 10.1. The van der Waals surface area contributed by atoms with Gasteiger partial charge in [-0.05, 0) is 64.7 Å². The first-order valence-electron chi connectivity index (χ1n) is 8.46. The number of likely N-dealkylation sites (tertiary alicyclic amines) is 1. The lowest BCUT2D eigenvalue weighted by molar-refractivity contribution is 0.0252. The van der Waals surface area contributed by atoms with Crippen LogP contribution in [0.2, 0.25) is 5.02 Å². The van der Waals surface area contributed by atoms with Gasteiger partial charge in [-0.25, -0.2) is 4.79 Å². The van der Waals surface area contributed by atoms with Crippen LogP contribution in [0.5, 0.6) is 0 Å². The zero-order chi connectivity index (χ0) is 17.9. The van der Waals surface area contributed by atoms with Crippen molar-refractivity contribution in [3.8, 4) is 0 Å². The first kappa shape index (κ1) is 18.7. The minimum absolute atomic E-state index is 0.0996. The van der Waals surface area contributed by atoms with Crippen molar-refractivity contribution in [2.75, 3.05) is 24.1 Å². The summed E-state index contributed by atoms with van der Waals surface area (Å²) in [6.45, 7) is 8.90. The van der Waals surface area contributed by atoms with Crippen molar-refractivity contribution in [1.29, 1.82) is 0 Å². The minimum Gasteiger partial charge on any atom is -0.444 e. The standard InChI is InChI=1S/C18H28ClN3O2/c1-12-9-14(19)16(15(20)10-12)21-13-7-5-6-8-22(11-13)17(23)24-18(2,3)4/h9-10,13,21H,5-8,11,20H2,1-4H3/t13-/m1/s1. The van der Waals surface area contributed by atoms with Crippen LogP contribution < -0.4 is 11.1 Å². The van der Waals surface area contributed by atoms with E-state index in [1.807, 2.05) is 39.8 Å². The van der Waals surface area contributed by atoms with Crippen molar-refractivity contribution >= 4 is 29.1 Å². The number of nitrogens with one attached hydrogen (secondary N) is 1. The van der Waals surface area contributed by atoms with Crippen molar-refractivity contribution in [2.24, 2.45) is 0 Å². The van der Waals surface area contributed by atoms with Crippen molar-refractivity contribution in [2.45, 2.75) is 58.6 Å². The van der Waals surface area contributed by atoms with E-state index >= 15 is 0 Å². The summed E-state index contributed by atoms with van der Waals surface area (Å²) in [5.74, 6) is 0. The largest absolute Gasteiger partial charge is 0.444 e. The molecule has 0 unspecified atom stereocenters. The van der Waals surface area contributed by atoms with Gasteiger partial charge in [-0.15, -0.1) is 0 Å². The molecule has 2 rings (SSSR count). The van der Waals surface area contributed by atoms with E-state index in [4.69, 9.17) is 22.1 Å². The number of amides is 1. The molecule has 0 bridgehead atoms. The molecule has 0 spiro atoms. The number of hydrogen-bond donors (Lipinski definition) is 2. The number of nitrogens with two attached hydrogens (primary N) is 1. The first-order valence-corrected chi connectivity index (χ1v) is 8.83. The molecule has 1 aliphatic rings. The average Bonchev–Trinajstić information content (AvgIpc) is 2.66. The molecule has 24 heavy (non-hydrogen) atoms. The van der Waals surface area contributed by atoms with Gasteiger partial charge in [0, 0.05) is 19.1 Å². The maximum atomic E-state index is 12.4. The van der Waals surface area contributed by atoms with E-state index < -0.39 is 5.60 Å². The van der Waals surface area contributed by atoms with E-state index in [1.54, 1.807) is 4.90 Å². The Bertz CT molecular complexity index is 575. The summed E-state index contributed by atoms with van der Waals surface area (Å²) < 4.78 is 5.50. The Labute approximate surface area is 149 Å². The maximum absolute atomic E-state index is 12.4. The molecular weight excluding hydrogens is 326 g/mol. The highest BCUT2D eigenvalue weighted by atomic mass is 35.5. The second kappa shape index (κ2) is 7.51. The molecule has 0 aliphatic carbocycles. The molecular formula is C18H28ClN3O2. The van der Waals surface area contributed by atoms with E-state index in [0.717, 1.165) is 30.5 Å². The molecule has 1 amide bonds. The molecule has 6 heteroatoms. The highest BCUT2D eigenvalue weighted by molar-refractivity contribution is 6.34. The molecule has 134 valence electrons. The fraction of sp³-hybridized carbons (Fsp3) is 0.611. The lowest BCUT2D eigenvalue weighted by Crippen LogP contribution is -2.42. The summed E-state index contributed by atoms with van der Waals surface area (Å²) in [5.41, 5.74) is 8.02. The Hall–Kier alpha value is -1.62. The Morgan fingerprint density at radius 2 is 2.08 bits per heavy atom. The van der Waals surface area contributed by atoms with Gasteiger partial charge in [0.1, 0.15) is 5.60 Å². The third-order valence-corrected chi connectivity index (χ3v) is 4.23. The van der Waals surface area contributed by atoms with E-state index in [0.29, 0.717) is 23.8 Å². The van der Waals surface area contributed by atoms with Gasteiger partial charge >= 0.3 is 6.09 Å². The third-order valence-electron chi connectivity index (χ3n) is 3.94. The fourth-order valence-electron chi connectivity index (χ4n) is 2.88. The quantitative estimate of drug-likeness (QED) is 0.771. The third kappa shape index (κ3) is 5.20. The topological polar surface area (TPSA) is 67.6 Å². The molecule has 1 atom stereocenters. The van der Waals surface area contributed by atoms with E-state index in [1.165, 1.54) is 0 Å². The van der Waals surface area contributed by atoms with Crippen LogP contribution in [0.1, 0.15) is 45.6 Å². The number of anilines is 2. The maximum Gasteiger partial charge on any atom is 0.410 e. The van der Waals surface area contributed by atoms with E-state index in [2.05, 4.69) is 5.32 Å². The van der Waals surface area contributed by atoms with Crippen molar-refractivity contribution < 1.29 is 9.53 Å². The molecule has 0 saturated carbocycles. The summed E-state index contributed by atoms with van der Waals surface area (Å²) in [7, 11) is 0. The normalized spacial score (nSPS) is 18.9. The van der Waals surface area contributed by atoms with Crippen molar-refractivity contribution in [3.63, 3.8) is 0 Å². The average molecular weight is 354 g/mol. The number of ether oxygens (including phenoxy) is 1. The van der Waals surface area contributed by atoms with Gasteiger partial charge in [0.15, 0.2) is 0 Å².